The van der Waals surface area contributed by atoms with E-state index in [1.807, 2.05) is 19.1 Å². The summed E-state index contributed by atoms with van der Waals surface area (Å²) in [5.74, 6) is 0.739. The van der Waals surface area contributed by atoms with Gasteiger partial charge in [0.25, 0.3) is 5.91 Å². The van der Waals surface area contributed by atoms with Crippen LogP contribution in [-0.2, 0) is 13.0 Å². The number of carbonyl (C=O) groups is 1. The van der Waals surface area contributed by atoms with E-state index in [0.29, 0.717) is 29.3 Å². The van der Waals surface area contributed by atoms with Crippen LogP contribution >= 0.6 is 11.6 Å². The van der Waals surface area contributed by atoms with Crippen molar-refractivity contribution in [2.75, 3.05) is 43.1 Å². The van der Waals surface area contributed by atoms with Gasteiger partial charge in [-0.15, -0.1) is 0 Å². The summed E-state index contributed by atoms with van der Waals surface area (Å²) in [4.78, 5) is 22.4. The maximum atomic E-state index is 13.0. The fourth-order valence-electron chi connectivity index (χ4n) is 4.66. The number of halogens is 1. The number of piperazine rings is 1. The van der Waals surface area contributed by atoms with E-state index in [4.69, 9.17) is 16.3 Å². The van der Waals surface area contributed by atoms with Gasteiger partial charge < -0.3 is 19.9 Å². The molecule has 2 aromatic heterocycles. The van der Waals surface area contributed by atoms with Crippen molar-refractivity contribution in [1.29, 1.82) is 0 Å². The molecule has 1 aliphatic rings. The number of hydrogen-bond donors (Lipinski definition) is 1. The summed E-state index contributed by atoms with van der Waals surface area (Å²) in [5, 5.41) is 3.65. The minimum absolute atomic E-state index is 0.139. The number of nitrogens with zero attached hydrogens (tertiary/aromatic N) is 4. The standard InChI is InChI=1S/C28H30ClN5O2/c1-3-25-27(34-13-12-21(29)18-26(34)31-25)28(35)30-19-20-4-6-22(7-5-20)32-14-16-33(17-15-32)23-8-10-24(36-2)11-9-23/h4-13,18H,3,14-17,19H2,1-2H3,(H,30,35). The SMILES string of the molecule is CCc1nc2cc(Cl)ccn2c1C(=O)NCc1ccc(N2CCN(c3ccc(OC)cc3)CC2)cc1. The molecule has 1 amide bonds. The molecule has 186 valence electrons. The summed E-state index contributed by atoms with van der Waals surface area (Å²) < 4.78 is 7.06. The zero-order valence-electron chi connectivity index (χ0n) is 20.6. The van der Waals surface area contributed by atoms with Crippen molar-refractivity contribution in [3.05, 3.63) is 88.8 Å². The molecular formula is C28H30ClN5O2. The lowest BCUT2D eigenvalue weighted by Gasteiger charge is -2.37. The Kier molecular flexibility index (Phi) is 7.00. The molecule has 8 heteroatoms. The molecule has 0 bridgehead atoms. The van der Waals surface area contributed by atoms with Crippen LogP contribution in [0, 0.1) is 0 Å². The first kappa shape index (κ1) is 24.0. The first-order valence-electron chi connectivity index (χ1n) is 12.2. The van der Waals surface area contributed by atoms with Crippen molar-refractivity contribution in [3.8, 4) is 5.75 Å². The molecule has 1 fully saturated rings. The molecule has 1 aliphatic heterocycles. The third-order valence-corrected chi connectivity index (χ3v) is 6.92. The zero-order chi connectivity index (χ0) is 25.1. The molecule has 4 aromatic rings. The largest absolute Gasteiger partial charge is 0.497 e. The van der Waals surface area contributed by atoms with Gasteiger partial charge in [-0.2, -0.15) is 0 Å². The van der Waals surface area contributed by atoms with Crippen LogP contribution < -0.4 is 19.9 Å². The third-order valence-electron chi connectivity index (χ3n) is 6.68. The Morgan fingerprint density at radius 2 is 1.58 bits per heavy atom. The van der Waals surface area contributed by atoms with Gasteiger partial charge >= 0.3 is 0 Å². The Labute approximate surface area is 216 Å². The molecule has 7 nitrogen and oxygen atoms in total. The number of benzene rings is 2. The number of amides is 1. The molecular weight excluding hydrogens is 474 g/mol. The van der Waals surface area contributed by atoms with Crippen molar-refractivity contribution in [2.24, 2.45) is 0 Å². The van der Waals surface area contributed by atoms with Gasteiger partial charge in [0.05, 0.1) is 12.8 Å². The van der Waals surface area contributed by atoms with Crippen LogP contribution in [0.2, 0.25) is 5.02 Å². The fraction of sp³-hybridized carbons (Fsp3) is 0.286. The van der Waals surface area contributed by atoms with Crippen molar-refractivity contribution < 1.29 is 9.53 Å². The molecule has 1 N–H and O–H groups in total. The van der Waals surface area contributed by atoms with E-state index in [0.717, 1.165) is 43.2 Å². The smallest absolute Gasteiger partial charge is 0.270 e. The van der Waals surface area contributed by atoms with Crippen LogP contribution in [0.15, 0.2) is 66.9 Å². The first-order chi connectivity index (χ1) is 17.6. The molecule has 0 spiro atoms. The Morgan fingerprint density at radius 1 is 0.972 bits per heavy atom. The number of methoxy groups -OCH3 is 1. The molecule has 5 rings (SSSR count). The Balaban J connectivity index is 1.18. The Bertz CT molecular complexity index is 1340. The highest BCUT2D eigenvalue weighted by Gasteiger charge is 2.19. The molecule has 0 aliphatic carbocycles. The summed E-state index contributed by atoms with van der Waals surface area (Å²) in [6.07, 6.45) is 2.46. The van der Waals surface area contributed by atoms with Gasteiger partial charge in [0.1, 0.15) is 17.1 Å². The Morgan fingerprint density at radius 3 is 2.17 bits per heavy atom. The molecule has 36 heavy (non-hydrogen) atoms. The van der Waals surface area contributed by atoms with Crippen molar-refractivity contribution in [3.63, 3.8) is 0 Å². The summed E-state index contributed by atoms with van der Waals surface area (Å²) in [6, 6.07) is 20.2. The summed E-state index contributed by atoms with van der Waals surface area (Å²) in [6.45, 7) is 6.30. The normalized spacial score (nSPS) is 13.8. The van der Waals surface area contributed by atoms with Crippen LogP contribution in [0.5, 0.6) is 5.75 Å². The maximum Gasteiger partial charge on any atom is 0.270 e. The number of imidazole rings is 1. The number of nitrogens with one attached hydrogen (secondary N) is 1. The number of pyridine rings is 1. The number of carbonyl (C=O) groups excluding carboxylic acids is 1. The van der Waals surface area contributed by atoms with E-state index >= 15 is 0 Å². The van der Waals surface area contributed by atoms with Gasteiger partial charge in [-0.25, -0.2) is 4.98 Å². The van der Waals surface area contributed by atoms with Gasteiger partial charge in [-0.3, -0.25) is 9.20 Å². The predicted molar refractivity (Wildman–Crippen MR) is 145 cm³/mol. The van der Waals surface area contributed by atoms with Crippen LogP contribution in [0.4, 0.5) is 11.4 Å². The number of hydrogen-bond acceptors (Lipinski definition) is 5. The van der Waals surface area contributed by atoms with Gasteiger partial charge in [0, 0.05) is 61.4 Å². The van der Waals surface area contributed by atoms with Crippen LogP contribution in [-0.4, -0.2) is 48.6 Å². The lowest BCUT2D eigenvalue weighted by Crippen LogP contribution is -2.46. The minimum Gasteiger partial charge on any atom is -0.497 e. The van der Waals surface area contributed by atoms with Crippen LogP contribution in [0.1, 0.15) is 28.7 Å². The minimum atomic E-state index is -0.139. The number of fused-ring (bicyclic) bond motifs is 1. The van der Waals surface area contributed by atoms with E-state index in [1.54, 1.807) is 29.8 Å². The van der Waals surface area contributed by atoms with Gasteiger partial charge in [-0.1, -0.05) is 30.7 Å². The molecule has 1 saturated heterocycles. The third kappa shape index (κ3) is 4.97. The molecule has 2 aromatic carbocycles. The molecule has 3 heterocycles. The summed E-state index contributed by atoms with van der Waals surface area (Å²) in [7, 11) is 1.69. The lowest BCUT2D eigenvalue weighted by molar-refractivity contribution is 0.0944. The topological polar surface area (TPSA) is 62.1 Å². The average Bonchev–Trinajstić information content (AvgIpc) is 3.30. The Hall–Kier alpha value is -3.71. The highest BCUT2D eigenvalue weighted by Crippen LogP contribution is 2.23. The summed E-state index contributed by atoms with van der Waals surface area (Å²) in [5.41, 5.74) is 5.49. The van der Waals surface area contributed by atoms with Gasteiger partial charge in [0.2, 0.25) is 0 Å². The van der Waals surface area contributed by atoms with E-state index < -0.39 is 0 Å². The monoisotopic (exact) mass is 503 g/mol. The second kappa shape index (κ2) is 10.5. The molecule has 0 saturated carbocycles. The van der Waals surface area contributed by atoms with E-state index in [9.17, 15) is 4.79 Å². The lowest BCUT2D eigenvalue weighted by atomic mass is 10.1. The van der Waals surface area contributed by atoms with E-state index in [2.05, 4.69) is 56.5 Å². The number of aryl methyl sites for hydroxylation is 1. The number of aromatic nitrogens is 2. The van der Waals surface area contributed by atoms with Crippen molar-refractivity contribution >= 4 is 34.5 Å². The van der Waals surface area contributed by atoms with E-state index in [-0.39, 0.29) is 5.91 Å². The second-order valence-corrected chi connectivity index (χ2v) is 9.29. The number of anilines is 2. The predicted octanol–water partition coefficient (Wildman–Crippen LogP) is 4.82. The highest BCUT2D eigenvalue weighted by molar-refractivity contribution is 6.30. The van der Waals surface area contributed by atoms with Gasteiger partial charge in [0.15, 0.2) is 0 Å². The quantitative estimate of drug-likeness (QED) is 0.392. The molecule has 0 radical (unpaired) electrons. The van der Waals surface area contributed by atoms with Crippen LogP contribution in [0.25, 0.3) is 5.65 Å². The zero-order valence-corrected chi connectivity index (χ0v) is 21.3. The number of ether oxygens (including phenoxy) is 1. The molecule has 0 atom stereocenters. The number of rotatable bonds is 7. The summed E-state index contributed by atoms with van der Waals surface area (Å²) >= 11 is 6.09. The second-order valence-electron chi connectivity index (χ2n) is 8.86. The van der Waals surface area contributed by atoms with Crippen molar-refractivity contribution in [1.82, 2.24) is 14.7 Å². The van der Waals surface area contributed by atoms with Crippen LogP contribution in [0.3, 0.4) is 0 Å². The van der Waals surface area contributed by atoms with Gasteiger partial charge in [-0.05, 0) is 54.4 Å². The van der Waals surface area contributed by atoms with Crippen molar-refractivity contribution in [2.45, 2.75) is 19.9 Å². The first-order valence-corrected chi connectivity index (χ1v) is 12.6. The maximum absolute atomic E-state index is 13.0. The fourth-order valence-corrected chi connectivity index (χ4v) is 4.82. The van der Waals surface area contributed by atoms with E-state index in [1.165, 1.54) is 11.4 Å². The highest BCUT2D eigenvalue weighted by atomic mass is 35.5. The molecule has 0 unspecified atom stereocenters. The average molecular weight is 504 g/mol.